The van der Waals surface area contributed by atoms with E-state index in [0.29, 0.717) is 35.9 Å². The van der Waals surface area contributed by atoms with Gasteiger partial charge in [0.25, 0.3) is 0 Å². The van der Waals surface area contributed by atoms with Gasteiger partial charge < -0.3 is 19.9 Å². The van der Waals surface area contributed by atoms with Crippen LogP contribution in [0.25, 0.3) is 11.0 Å². The predicted molar refractivity (Wildman–Crippen MR) is 103 cm³/mol. The Bertz CT molecular complexity index is 943. The number of anilines is 1. The second-order valence-corrected chi connectivity index (χ2v) is 7.58. The van der Waals surface area contributed by atoms with Crippen LogP contribution in [0, 0.1) is 17.2 Å². The Kier molecular flexibility index (Phi) is 4.90. The number of carbonyl (C=O) groups is 2. The van der Waals surface area contributed by atoms with Gasteiger partial charge >= 0.3 is 5.97 Å². The van der Waals surface area contributed by atoms with Gasteiger partial charge in [0, 0.05) is 36.9 Å². The molecule has 1 saturated heterocycles. The third-order valence-electron chi connectivity index (χ3n) is 5.48. The minimum Gasteiger partial charge on any atom is -0.459 e. The van der Waals surface area contributed by atoms with E-state index in [9.17, 15) is 9.59 Å². The predicted octanol–water partition coefficient (Wildman–Crippen LogP) is 2.44. The Hall–Kier alpha value is -3.08. The lowest BCUT2D eigenvalue weighted by Crippen LogP contribution is -2.49. The molecule has 0 radical (unpaired) electrons. The summed E-state index contributed by atoms with van der Waals surface area (Å²) < 4.78 is 5.49. The zero-order chi connectivity index (χ0) is 19.7. The first-order valence-corrected chi connectivity index (χ1v) is 9.65. The smallest absolute Gasteiger partial charge is 0.342 e. The summed E-state index contributed by atoms with van der Waals surface area (Å²) >= 11 is 0. The highest BCUT2D eigenvalue weighted by Crippen LogP contribution is 2.32. The van der Waals surface area contributed by atoms with Crippen molar-refractivity contribution < 1.29 is 14.3 Å². The van der Waals surface area contributed by atoms with E-state index >= 15 is 0 Å². The van der Waals surface area contributed by atoms with Crippen molar-refractivity contribution in [2.24, 2.45) is 5.92 Å². The maximum Gasteiger partial charge on any atom is 0.342 e. The van der Waals surface area contributed by atoms with Crippen LogP contribution in [0.2, 0.25) is 0 Å². The summed E-state index contributed by atoms with van der Waals surface area (Å²) in [7, 11) is 0. The molecule has 4 rings (SSSR count). The number of piperidine rings is 1. The van der Waals surface area contributed by atoms with E-state index in [1.807, 2.05) is 12.1 Å². The van der Waals surface area contributed by atoms with Gasteiger partial charge in [-0.3, -0.25) is 4.79 Å². The molecule has 2 atom stereocenters. The van der Waals surface area contributed by atoms with Crippen LogP contribution in [0.4, 0.5) is 5.69 Å². The Morgan fingerprint density at radius 1 is 1.43 bits per heavy atom. The first-order valence-electron chi connectivity index (χ1n) is 9.65. The van der Waals surface area contributed by atoms with E-state index in [2.05, 4.69) is 22.2 Å². The highest BCUT2D eigenvalue weighted by Gasteiger charge is 2.32. The Morgan fingerprint density at radius 2 is 2.25 bits per heavy atom. The molecule has 2 N–H and O–H groups in total. The number of nitrogens with one attached hydrogen (secondary N) is 2. The zero-order valence-corrected chi connectivity index (χ0v) is 15.8. The van der Waals surface area contributed by atoms with Crippen molar-refractivity contribution in [2.45, 2.75) is 44.8 Å². The number of amides is 1. The molecule has 1 aliphatic carbocycles. The van der Waals surface area contributed by atoms with Gasteiger partial charge in [-0.2, -0.15) is 5.26 Å². The van der Waals surface area contributed by atoms with E-state index in [1.54, 1.807) is 11.1 Å². The molecule has 1 aliphatic heterocycles. The molecule has 8 heteroatoms. The van der Waals surface area contributed by atoms with E-state index in [-0.39, 0.29) is 30.4 Å². The summed E-state index contributed by atoms with van der Waals surface area (Å²) in [4.78, 5) is 33.9. The minimum absolute atomic E-state index is 0.00923. The first-order chi connectivity index (χ1) is 13.6. The average molecular weight is 381 g/mol. The highest BCUT2D eigenvalue weighted by atomic mass is 16.5. The van der Waals surface area contributed by atoms with Crippen LogP contribution < -0.4 is 5.32 Å². The Morgan fingerprint density at radius 3 is 3.00 bits per heavy atom. The van der Waals surface area contributed by atoms with Crippen molar-refractivity contribution in [1.82, 2.24) is 14.9 Å². The number of aromatic nitrogens is 2. The summed E-state index contributed by atoms with van der Waals surface area (Å²) in [6, 6.07) is 3.77. The maximum absolute atomic E-state index is 12.6. The molecular weight excluding hydrogens is 358 g/mol. The Balaban J connectivity index is 1.61. The number of pyridine rings is 1. The normalized spacial score (nSPS) is 21.9. The minimum atomic E-state index is -0.374. The second-order valence-electron chi connectivity index (χ2n) is 7.58. The van der Waals surface area contributed by atoms with E-state index in [4.69, 9.17) is 10.00 Å². The largest absolute Gasteiger partial charge is 0.459 e. The van der Waals surface area contributed by atoms with Crippen molar-refractivity contribution >= 4 is 28.6 Å². The van der Waals surface area contributed by atoms with Crippen molar-refractivity contribution in [3.63, 3.8) is 0 Å². The lowest BCUT2D eigenvalue weighted by molar-refractivity contribution is -0.131. The molecule has 2 fully saturated rings. The highest BCUT2D eigenvalue weighted by molar-refractivity contribution is 6.04. The van der Waals surface area contributed by atoms with Crippen LogP contribution >= 0.6 is 0 Å². The summed E-state index contributed by atoms with van der Waals surface area (Å²) in [5, 5.41) is 13.1. The van der Waals surface area contributed by atoms with Gasteiger partial charge in [0.15, 0.2) is 0 Å². The van der Waals surface area contributed by atoms with Gasteiger partial charge in [-0.15, -0.1) is 0 Å². The molecule has 0 bridgehead atoms. The first kappa shape index (κ1) is 18.3. The van der Waals surface area contributed by atoms with Crippen LogP contribution in [0.15, 0.2) is 18.5 Å². The molecule has 146 valence electrons. The van der Waals surface area contributed by atoms with Crippen LogP contribution in [-0.4, -0.2) is 52.0 Å². The third-order valence-corrected chi connectivity index (χ3v) is 5.48. The number of ether oxygens (including phenoxy) is 1. The molecule has 2 aromatic heterocycles. The number of hydrogen-bond donors (Lipinski definition) is 2. The Labute approximate surface area is 162 Å². The van der Waals surface area contributed by atoms with Gasteiger partial charge in [0.1, 0.15) is 23.7 Å². The summed E-state index contributed by atoms with van der Waals surface area (Å²) in [6.07, 6.45) is 5.86. The number of fused-ring (bicyclic) bond motifs is 1. The topological polar surface area (TPSA) is 111 Å². The number of H-pyrrole nitrogens is 1. The molecule has 3 heterocycles. The summed E-state index contributed by atoms with van der Waals surface area (Å²) in [5.74, 6) is -0.224. The number of esters is 1. The molecule has 28 heavy (non-hydrogen) atoms. The van der Waals surface area contributed by atoms with Crippen molar-refractivity contribution in [3.8, 4) is 6.07 Å². The number of hydrogen-bond acceptors (Lipinski definition) is 6. The SMILES string of the molecule is C[C@@H]1CCN(C(=O)CC#N)C[C@@H]1Nc1c(C(=O)OC2CC2)cnc2[nH]ccc12. The molecule has 0 aromatic carbocycles. The van der Waals surface area contributed by atoms with Gasteiger partial charge in [0.2, 0.25) is 5.91 Å². The summed E-state index contributed by atoms with van der Waals surface area (Å²) in [5.41, 5.74) is 1.78. The van der Waals surface area contributed by atoms with Gasteiger partial charge in [-0.05, 0) is 31.2 Å². The molecule has 1 saturated carbocycles. The fourth-order valence-electron chi connectivity index (χ4n) is 3.57. The monoisotopic (exact) mass is 381 g/mol. The number of aromatic amines is 1. The fraction of sp³-hybridized carbons (Fsp3) is 0.500. The number of nitrogens with zero attached hydrogens (tertiary/aromatic N) is 3. The van der Waals surface area contributed by atoms with Crippen LogP contribution in [-0.2, 0) is 9.53 Å². The zero-order valence-electron chi connectivity index (χ0n) is 15.8. The maximum atomic E-state index is 12.6. The quantitative estimate of drug-likeness (QED) is 0.770. The fourth-order valence-corrected chi connectivity index (χ4v) is 3.57. The molecule has 8 nitrogen and oxygen atoms in total. The van der Waals surface area contributed by atoms with Gasteiger partial charge in [-0.1, -0.05) is 6.92 Å². The molecule has 1 amide bonds. The molecule has 0 spiro atoms. The van der Waals surface area contributed by atoms with Crippen molar-refractivity contribution in [2.75, 3.05) is 18.4 Å². The van der Waals surface area contributed by atoms with Crippen LogP contribution in [0.5, 0.6) is 0 Å². The molecule has 2 aliphatic rings. The number of likely N-dealkylation sites (tertiary alicyclic amines) is 1. The summed E-state index contributed by atoms with van der Waals surface area (Å²) in [6.45, 7) is 3.26. The molecular formula is C20H23N5O3. The van der Waals surface area contributed by atoms with Crippen LogP contribution in [0.3, 0.4) is 0 Å². The van der Waals surface area contributed by atoms with E-state index in [0.717, 1.165) is 24.6 Å². The molecule has 2 aromatic rings. The average Bonchev–Trinajstić information content (AvgIpc) is 3.36. The van der Waals surface area contributed by atoms with Crippen LogP contribution in [0.1, 0.15) is 43.0 Å². The lowest BCUT2D eigenvalue weighted by atomic mass is 9.92. The number of rotatable bonds is 5. The standard InChI is InChI=1S/C20H23N5O3/c1-12-6-9-25(17(26)4-7-21)11-16(12)24-18-14-5-8-22-19(14)23-10-15(18)20(27)28-13-2-3-13/h5,8,10,12-13,16H,2-4,6,9,11H2,1H3,(H2,22,23,24)/t12-,16+/m1/s1. The lowest BCUT2D eigenvalue weighted by Gasteiger charge is -2.38. The van der Waals surface area contributed by atoms with E-state index < -0.39 is 0 Å². The third kappa shape index (κ3) is 3.65. The van der Waals surface area contributed by atoms with E-state index in [1.165, 1.54) is 6.20 Å². The molecule has 0 unspecified atom stereocenters. The van der Waals surface area contributed by atoms with Gasteiger partial charge in [-0.25, -0.2) is 9.78 Å². The number of carbonyl (C=O) groups excluding carboxylic acids is 2. The van der Waals surface area contributed by atoms with Gasteiger partial charge in [0.05, 0.1) is 11.8 Å². The van der Waals surface area contributed by atoms with Crippen molar-refractivity contribution in [3.05, 3.63) is 24.0 Å². The van der Waals surface area contributed by atoms with Crippen molar-refractivity contribution in [1.29, 1.82) is 5.26 Å². The number of nitriles is 1. The second kappa shape index (κ2) is 7.50.